The topological polar surface area (TPSA) is 54.5 Å². The van der Waals surface area contributed by atoms with Crippen LogP contribution < -0.4 is 5.32 Å². The first kappa shape index (κ1) is 18.3. The molecule has 2 aliphatic rings. The van der Waals surface area contributed by atoms with Crippen molar-refractivity contribution >= 4 is 5.91 Å². The third-order valence-corrected chi connectivity index (χ3v) is 5.30. The number of likely N-dealkylation sites (tertiary alicyclic amines) is 1. The molecule has 1 fully saturated rings. The predicted octanol–water partition coefficient (Wildman–Crippen LogP) is 2.51. The zero-order valence-corrected chi connectivity index (χ0v) is 15.5. The minimum absolute atomic E-state index is 0.0672. The van der Waals surface area contributed by atoms with E-state index in [1.807, 2.05) is 12.3 Å². The van der Waals surface area contributed by atoms with Crippen LogP contribution >= 0.6 is 0 Å². The van der Waals surface area contributed by atoms with Gasteiger partial charge in [-0.2, -0.15) is 0 Å². The first-order valence-electron chi connectivity index (χ1n) is 9.71. The molecule has 1 unspecified atom stereocenters. The number of piperidine rings is 1. The summed E-state index contributed by atoms with van der Waals surface area (Å²) in [4.78, 5) is 19.7. The number of nitrogens with zero attached hydrogens (tertiary/aromatic N) is 2. The number of hydrogen-bond acceptors (Lipinski definition) is 4. The Labute approximate surface area is 151 Å². The molecule has 3 rings (SSSR count). The Morgan fingerprint density at radius 1 is 1.36 bits per heavy atom. The molecule has 1 aliphatic carbocycles. The molecule has 0 radical (unpaired) electrons. The van der Waals surface area contributed by atoms with Crippen LogP contribution in [-0.2, 0) is 16.0 Å². The van der Waals surface area contributed by atoms with Crippen LogP contribution in [0.5, 0.6) is 0 Å². The van der Waals surface area contributed by atoms with Crippen molar-refractivity contribution in [2.75, 3.05) is 26.2 Å². The number of hydrogen-bond donors (Lipinski definition) is 1. The summed E-state index contributed by atoms with van der Waals surface area (Å²) in [6.07, 6.45) is 7.19. The molecular formula is C20H31N3O2. The molecular weight excluding hydrogens is 314 g/mol. The molecule has 25 heavy (non-hydrogen) atoms. The van der Waals surface area contributed by atoms with Crippen LogP contribution in [0.15, 0.2) is 18.3 Å². The zero-order chi connectivity index (χ0) is 17.6. The van der Waals surface area contributed by atoms with Gasteiger partial charge in [0.2, 0.25) is 5.91 Å². The molecule has 138 valence electrons. The van der Waals surface area contributed by atoms with E-state index in [0.717, 1.165) is 64.0 Å². The fourth-order valence-corrected chi connectivity index (χ4v) is 3.88. The van der Waals surface area contributed by atoms with Gasteiger partial charge in [-0.05, 0) is 57.6 Å². The van der Waals surface area contributed by atoms with Gasteiger partial charge in [0.1, 0.15) is 0 Å². The molecule has 5 nitrogen and oxygen atoms in total. The smallest absolute Gasteiger partial charge is 0.229 e. The Bertz CT molecular complexity index is 568. The van der Waals surface area contributed by atoms with Crippen molar-refractivity contribution in [3.8, 4) is 0 Å². The van der Waals surface area contributed by atoms with Crippen molar-refractivity contribution in [2.24, 2.45) is 0 Å². The third-order valence-electron chi connectivity index (χ3n) is 5.30. The second-order valence-corrected chi connectivity index (χ2v) is 7.54. The van der Waals surface area contributed by atoms with E-state index in [2.05, 4.69) is 35.1 Å². The van der Waals surface area contributed by atoms with Gasteiger partial charge in [0.15, 0.2) is 0 Å². The molecule has 0 bridgehead atoms. The fourth-order valence-electron chi connectivity index (χ4n) is 3.88. The molecule has 1 amide bonds. The number of amides is 1. The van der Waals surface area contributed by atoms with E-state index >= 15 is 0 Å². The summed E-state index contributed by atoms with van der Waals surface area (Å²) in [6.45, 7) is 7.98. The van der Waals surface area contributed by atoms with Crippen LogP contribution in [0.2, 0.25) is 0 Å². The molecule has 1 aliphatic heterocycles. The maximum absolute atomic E-state index is 12.8. The highest BCUT2D eigenvalue weighted by atomic mass is 16.5. The number of ether oxygens (including phenoxy) is 1. The number of carbonyl (C=O) groups excluding carboxylic acids is 1. The highest BCUT2D eigenvalue weighted by molar-refractivity contribution is 5.84. The lowest BCUT2D eigenvalue weighted by atomic mass is 9.85. The molecule has 5 heteroatoms. The molecule has 1 aromatic heterocycles. The van der Waals surface area contributed by atoms with Crippen LogP contribution in [0.3, 0.4) is 0 Å². The van der Waals surface area contributed by atoms with Crippen LogP contribution in [-0.4, -0.2) is 54.2 Å². The third kappa shape index (κ3) is 5.02. The van der Waals surface area contributed by atoms with E-state index in [1.54, 1.807) is 0 Å². The summed E-state index contributed by atoms with van der Waals surface area (Å²) >= 11 is 0. The predicted molar refractivity (Wildman–Crippen MR) is 98.6 cm³/mol. The summed E-state index contributed by atoms with van der Waals surface area (Å²) in [6, 6.07) is 4.38. The number of nitrogens with one attached hydrogen (secondary N) is 1. The first-order valence-corrected chi connectivity index (χ1v) is 9.71. The molecule has 2 heterocycles. The average Bonchev–Trinajstić information content (AvgIpc) is 2.62. The van der Waals surface area contributed by atoms with Crippen molar-refractivity contribution in [3.63, 3.8) is 0 Å². The largest absolute Gasteiger partial charge is 0.377 e. The summed E-state index contributed by atoms with van der Waals surface area (Å²) in [5, 5.41) is 3.29. The number of pyridine rings is 1. The number of aryl methyl sites for hydroxylation is 1. The van der Waals surface area contributed by atoms with E-state index in [0.29, 0.717) is 12.1 Å². The Morgan fingerprint density at radius 3 is 2.92 bits per heavy atom. The first-order chi connectivity index (χ1) is 12.1. The molecule has 1 N–H and O–H groups in total. The van der Waals surface area contributed by atoms with Gasteiger partial charge in [-0.3, -0.25) is 9.78 Å². The molecule has 0 aromatic carbocycles. The summed E-state index contributed by atoms with van der Waals surface area (Å²) in [5.74, 6) is 0.101. The highest BCUT2D eigenvalue weighted by Gasteiger charge is 2.30. The quantitative estimate of drug-likeness (QED) is 0.861. The van der Waals surface area contributed by atoms with Crippen LogP contribution in [0.25, 0.3) is 0 Å². The number of carbonyl (C=O) groups is 1. The van der Waals surface area contributed by atoms with Crippen molar-refractivity contribution < 1.29 is 9.53 Å². The molecule has 1 saturated heterocycles. The van der Waals surface area contributed by atoms with E-state index in [1.165, 1.54) is 5.56 Å². The van der Waals surface area contributed by atoms with Crippen molar-refractivity contribution in [2.45, 2.75) is 64.0 Å². The van der Waals surface area contributed by atoms with E-state index in [4.69, 9.17) is 4.74 Å². The van der Waals surface area contributed by atoms with Gasteiger partial charge in [-0.1, -0.05) is 6.07 Å². The van der Waals surface area contributed by atoms with Crippen LogP contribution in [0.4, 0.5) is 0 Å². The minimum atomic E-state index is -0.0672. The van der Waals surface area contributed by atoms with Crippen molar-refractivity contribution in [1.29, 1.82) is 0 Å². The number of fused-ring (bicyclic) bond motifs is 1. The summed E-state index contributed by atoms with van der Waals surface area (Å²) in [7, 11) is 0. The normalized spacial score (nSPS) is 22.0. The van der Waals surface area contributed by atoms with Gasteiger partial charge < -0.3 is 15.0 Å². The van der Waals surface area contributed by atoms with Gasteiger partial charge in [0.25, 0.3) is 0 Å². The Morgan fingerprint density at radius 2 is 2.16 bits per heavy atom. The fraction of sp³-hybridized carbons (Fsp3) is 0.700. The minimum Gasteiger partial charge on any atom is -0.377 e. The van der Waals surface area contributed by atoms with E-state index in [-0.39, 0.29) is 11.8 Å². The maximum Gasteiger partial charge on any atom is 0.229 e. The lowest BCUT2D eigenvalue weighted by Crippen LogP contribution is -2.47. The van der Waals surface area contributed by atoms with Gasteiger partial charge in [0.05, 0.1) is 24.3 Å². The lowest BCUT2D eigenvalue weighted by molar-refractivity contribution is -0.124. The number of aromatic nitrogens is 1. The number of rotatable bonds is 6. The van der Waals surface area contributed by atoms with Gasteiger partial charge >= 0.3 is 0 Å². The van der Waals surface area contributed by atoms with Gasteiger partial charge in [-0.15, -0.1) is 0 Å². The van der Waals surface area contributed by atoms with E-state index in [9.17, 15) is 4.79 Å². The molecule has 0 spiro atoms. The monoisotopic (exact) mass is 345 g/mol. The second-order valence-electron chi connectivity index (χ2n) is 7.54. The molecule has 0 saturated carbocycles. The Kier molecular flexibility index (Phi) is 6.43. The standard InChI is InChI=1S/C20H31N3O2/c1-15(2)25-14-13-23-11-8-17(9-12-23)22-20(24)18-7-3-5-16-6-4-10-21-19(16)18/h4,6,10,15,17-18H,3,5,7-9,11-14H2,1-2H3,(H,22,24). The molecule has 1 atom stereocenters. The second kappa shape index (κ2) is 8.77. The zero-order valence-electron chi connectivity index (χ0n) is 15.5. The Hall–Kier alpha value is -1.46. The Balaban J connectivity index is 1.46. The SMILES string of the molecule is CC(C)OCCN1CCC(NC(=O)C2CCCc3cccnc32)CC1. The van der Waals surface area contributed by atoms with Gasteiger partial charge in [-0.25, -0.2) is 0 Å². The van der Waals surface area contributed by atoms with E-state index < -0.39 is 0 Å². The van der Waals surface area contributed by atoms with Crippen molar-refractivity contribution in [1.82, 2.24) is 15.2 Å². The van der Waals surface area contributed by atoms with Gasteiger partial charge in [0, 0.05) is 31.9 Å². The summed E-state index contributed by atoms with van der Waals surface area (Å²) in [5.41, 5.74) is 2.24. The van der Waals surface area contributed by atoms with Crippen molar-refractivity contribution in [3.05, 3.63) is 29.6 Å². The maximum atomic E-state index is 12.8. The molecule has 1 aromatic rings. The van der Waals surface area contributed by atoms with Crippen LogP contribution in [0.1, 0.15) is 56.7 Å². The average molecular weight is 345 g/mol. The highest BCUT2D eigenvalue weighted by Crippen LogP contribution is 2.30. The van der Waals surface area contributed by atoms with Crippen LogP contribution in [0, 0.1) is 0 Å². The summed E-state index contributed by atoms with van der Waals surface area (Å²) < 4.78 is 5.63. The lowest BCUT2D eigenvalue weighted by Gasteiger charge is -2.33.